The van der Waals surface area contributed by atoms with Crippen LogP contribution >= 0.6 is 0 Å². The molecule has 3 aromatic rings. The molecule has 2 aliphatic heterocycles. The van der Waals surface area contributed by atoms with Crippen LogP contribution in [0.25, 0.3) is 0 Å². The molecule has 0 bridgehead atoms. The van der Waals surface area contributed by atoms with Crippen molar-refractivity contribution in [3.63, 3.8) is 0 Å². The minimum Gasteiger partial charge on any atom is -0.492 e. The summed E-state index contributed by atoms with van der Waals surface area (Å²) in [4.78, 5) is 28.0. The second kappa shape index (κ2) is 10.7. The van der Waals surface area contributed by atoms with Crippen molar-refractivity contribution in [1.82, 2.24) is 15.4 Å². The third kappa shape index (κ3) is 5.89. The van der Waals surface area contributed by atoms with Gasteiger partial charge in [0, 0.05) is 30.8 Å². The Morgan fingerprint density at radius 3 is 2.80 bits per heavy atom. The predicted octanol–water partition coefficient (Wildman–Crippen LogP) is 3.42. The van der Waals surface area contributed by atoms with E-state index in [0.717, 1.165) is 42.2 Å². The van der Waals surface area contributed by atoms with Crippen molar-refractivity contribution in [2.45, 2.75) is 38.1 Å². The van der Waals surface area contributed by atoms with Gasteiger partial charge >= 0.3 is 0 Å². The summed E-state index contributed by atoms with van der Waals surface area (Å²) < 4.78 is 11.3. The maximum absolute atomic E-state index is 12.9. The van der Waals surface area contributed by atoms with Crippen molar-refractivity contribution in [2.75, 3.05) is 31.6 Å². The molecule has 2 aromatic carbocycles. The molecule has 1 fully saturated rings. The van der Waals surface area contributed by atoms with Crippen LogP contribution in [0.2, 0.25) is 0 Å². The fraction of sp³-hybridized carbons (Fsp3) is 0.370. The fourth-order valence-corrected chi connectivity index (χ4v) is 4.60. The summed E-state index contributed by atoms with van der Waals surface area (Å²) in [5.74, 6) is 0.653. The van der Waals surface area contributed by atoms with E-state index in [1.165, 1.54) is 12.8 Å². The Bertz CT molecular complexity index is 1170. The average molecular weight is 475 g/mol. The zero-order valence-electron chi connectivity index (χ0n) is 19.7. The highest BCUT2D eigenvalue weighted by atomic mass is 16.5. The molecule has 1 saturated heterocycles. The molecule has 2 amide bonds. The van der Waals surface area contributed by atoms with E-state index in [-0.39, 0.29) is 11.6 Å². The molecule has 182 valence electrons. The van der Waals surface area contributed by atoms with Crippen molar-refractivity contribution in [2.24, 2.45) is 0 Å². The van der Waals surface area contributed by atoms with Gasteiger partial charge in [-0.1, -0.05) is 41.6 Å². The Morgan fingerprint density at radius 2 is 1.97 bits per heavy atom. The predicted molar refractivity (Wildman–Crippen MR) is 132 cm³/mol. The first-order chi connectivity index (χ1) is 17.1. The lowest BCUT2D eigenvalue weighted by Gasteiger charge is -2.16. The normalized spacial score (nSPS) is 17.9. The van der Waals surface area contributed by atoms with Gasteiger partial charge in [-0.05, 0) is 56.0 Å². The number of carbonyl (C=O) groups is 2. The number of likely N-dealkylation sites (tertiary alicyclic amines) is 1. The highest BCUT2D eigenvalue weighted by molar-refractivity contribution is 6.01. The molecule has 0 aliphatic carbocycles. The number of nitrogens with zero attached hydrogens (tertiary/aromatic N) is 2. The molecule has 2 N–H and O–H groups in total. The van der Waals surface area contributed by atoms with Crippen LogP contribution in [0.1, 0.15) is 46.6 Å². The molecule has 2 aliphatic rings. The molecule has 1 atom stereocenters. The monoisotopic (exact) mass is 474 g/mol. The minimum atomic E-state index is -0.663. The number of hydrogen-bond acceptors (Lipinski definition) is 6. The molecule has 5 rings (SSSR count). The van der Waals surface area contributed by atoms with E-state index < -0.39 is 11.9 Å². The molecule has 0 radical (unpaired) electrons. The molecule has 35 heavy (non-hydrogen) atoms. The van der Waals surface area contributed by atoms with Gasteiger partial charge in [-0.15, -0.1) is 0 Å². The Labute approximate surface area is 204 Å². The molecule has 8 nitrogen and oxygen atoms in total. The lowest BCUT2D eigenvalue weighted by Crippen LogP contribution is -2.43. The Kier molecular flexibility index (Phi) is 7.09. The summed E-state index contributed by atoms with van der Waals surface area (Å²) in [6, 6.07) is 16.6. The maximum atomic E-state index is 12.9. The van der Waals surface area contributed by atoms with Crippen LogP contribution in [0.3, 0.4) is 0 Å². The zero-order chi connectivity index (χ0) is 24.0. The van der Waals surface area contributed by atoms with Crippen LogP contribution in [0.15, 0.2) is 59.1 Å². The van der Waals surface area contributed by atoms with Gasteiger partial charge in [-0.3, -0.25) is 14.5 Å². The quantitative estimate of drug-likeness (QED) is 0.519. The lowest BCUT2D eigenvalue weighted by atomic mass is 10.1. The number of ether oxygens (including phenoxy) is 1. The third-order valence-corrected chi connectivity index (χ3v) is 6.55. The first kappa shape index (κ1) is 23.1. The van der Waals surface area contributed by atoms with Crippen LogP contribution in [-0.2, 0) is 17.6 Å². The van der Waals surface area contributed by atoms with Gasteiger partial charge in [0.1, 0.15) is 24.2 Å². The first-order valence-electron chi connectivity index (χ1n) is 12.2. The molecule has 3 heterocycles. The van der Waals surface area contributed by atoms with E-state index in [4.69, 9.17) is 9.26 Å². The number of amides is 2. The van der Waals surface area contributed by atoms with E-state index in [1.807, 2.05) is 48.5 Å². The van der Waals surface area contributed by atoms with E-state index in [1.54, 1.807) is 6.07 Å². The number of aromatic nitrogens is 1. The van der Waals surface area contributed by atoms with E-state index in [2.05, 4.69) is 20.7 Å². The van der Waals surface area contributed by atoms with Gasteiger partial charge in [0.05, 0.1) is 0 Å². The molecule has 1 aromatic heterocycles. The smallest absolute Gasteiger partial charge is 0.274 e. The number of rotatable bonds is 8. The van der Waals surface area contributed by atoms with Crippen molar-refractivity contribution in [3.05, 3.63) is 77.2 Å². The largest absolute Gasteiger partial charge is 0.492 e. The highest BCUT2D eigenvalue weighted by Crippen LogP contribution is 2.27. The van der Waals surface area contributed by atoms with Crippen LogP contribution in [0.4, 0.5) is 5.69 Å². The maximum Gasteiger partial charge on any atom is 0.274 e. The summed E-state index contributed by atoms with van der Waals surface area (Å²) in [6.07, 6.45) is 4.21. The molecular formula is C27H30N4O4. The van der Waals surface area contributed by atoms with Crippen molar-refractivity contribution >= 4 is 17.5 Å². The Hall–Kier alpha value is -3.65. The SMILES string of the molecule is O=C(N[C@H]1CCc2ccc(OCCN3CCCC3)cc2NC1=O)c1cc(Cc2ccccc2)on1. The molecule has 8 heteroatoms. The number of carbonyl (C=O) groups excluding carboxylic acids is 2. The first-order valence-corrected chi connectivity index (χ1v) is 12.2. The molecule has 0 spiro atoms. The van der Waals surface area contributed by atoms with E-state index in [9.17, 15) is 9.59 Å². The minimum absolute atomic E-state index is 0.166. The topological polar surface area (TPSA) is 96.7 Å². The van der Waals surface area contributed by atoms with Crippen LogP contribution < -0.4 is 15.4 Å². The van der Waals surface area contributed by atoms with Crippen molar-refractivity contribution < 1.29 is 18.8 Å². The number of hydrogen-bond donors (Lipinski definition) is 2. The number of aryl methyl sites for hydroxylation is 1. The van der Waals surface area contributed by atoms with Gasteiger partial charge in [0.2, 0.25) is 5.91 Å². The standard InChI is InChI=1S/C27H30N4O4/c32-26-23(28-27(33)25-18-22(35-30-25)16-19-6-2-1-3-7-19)11-9-20-8-10-21(17-24(20)29-26)34-15-14-31-12-4-5-13-31/h1-3,6-8,10,17-18,23H,4-5,9,11-16H2,(H,28,33)(H,29,32)/t23-/m0/s1. The van der Waals surface area contributed by atoms with Crippen molar-refractivity contribution in [1.29, 1.82) is 0 Å². The van der Waals surface area contributed by atoms with E-state index >= 15 is 0 Å². The molecular weight excluding hydrogens is 444 g/mol. The van der Waals surface area contributed by atoms with Crippen LogP contribution in [0.5, 0.6) is 5.75 Å². The lowest BCUT2D eigenvalue weighted by molar-refractivity contribution is -0.118. The summed E-state index contributed by atoms with van der Waals surface area (Å²) in [5.41, 5.74) is 2.99. The second-order valence-electron chi connectivity index (χ2n) is 9.11. The molecule has 0 saturated carbocycles. The fourth-order valence-electron chi connectivity index (χ4n) is 4.60. The van der Waals surface area contributed by atoms with Gasteiger partial charge in [0.15, 0.2) is 5.69 Å². The van der Waals surface area contributed by atoms with Crippen LogP contribution in [-0.4, -0.2) is 54.2 Å². The molecule has 0 unspecified atom stereocenters. The van der Waals surface area contributed by atoms with Gasteiger partial charge < -0.3 is 19.9 Å². The average Bonchev–Trinajstić information content (AvgIpc) is 3.53. The third-order valence-electron chi connectivity index (χ3n) is 6.55. The van der Waals surface area contributed by atoms with Gasteiger partial charge in [-0.2, -0.15) is 0 Å². The summed E-state index contributed by atoms with van der Waals surface area (Å²) in [7, 11) is 0. The van der Waals surface area contributed by atoms with Gasteiger partial charge in [-0.25, -0.2) is 0 Å². The van der Waals surface area contributed by atoms with E-state index in [0.29, 0.717) is 31.6 Å². The Balaban J connectivity index is 1.16. The summed E-state index contributed by atoms with van der Waals surface area (Å²) in [5, 5.41) is 9.65. The second-order valence-corrected chi connectivity index (χ2v) is 9.11. The van der Waals surface area contributed by atoms with Crippen LogP contribution in [0, 0.1) is 0 Å². The highest BCUT2D eigenvalue weighted by Gasteiger charge is 2.27. The van der Waals surface area contributed by atoms with Crippen molar-refractivity contribution in [3.8, 4) is 5.75 Å². The van der Waals surface area contributed by atoms with Gasteiger partial charge in [0.25, 0.3) is 5.91 Å². The Morgan fingerprint density at radius 1 is 1.14 bits per heavy atom. The summed E-state index contributed by atoms with van der Waals surface area (Å²) >= 11 is 0. The summed E-state index contributed by atoms with van der Waals surface area (Å²) in [6.45, 7) is 3.81. The number of benzene rings is 2. The number of fused-ring (bicyclic) bond motifs is 1. The number of anilines is 1. The zero-order valence-corrected chi connectivity index (χ0v) is 19.7. The number of nitrogens with one attached hydrogen (secondary N) is 2.